The Morgan fingerprint density at radius 3 is 2.44 bits per heavy atom. The first kappa shape index (κ1) is 25.1. The molecule has 0 saturated heterocycles. The third-order valence-corrected chi connectivity index (χ3v) is 7.75. The quantitative estimate of drug-likeness (QED) is 0.168. The number of hydrogen-bond donors (Lipinski definition) is 0. The molecule has 41 heavy (non-hydrogen) atoms. The van der Waals surface area contributed by atoms with Crippen LogP contribution in [0.15, 0.2) is 103 Å². The maximum Gasteiger partial charge on any atom is 0.188 e. The highest BCUT2D eigenvalue weighted by molar-refractivity contribution is 6.09. The van der Waals surface area contributed by atoms with Crippen LogP contribution in [0.1, 0.15) is 31.9 Å². The summed E-state index contributed by atoms with van der Waals surface area (Å²) >= 11 is 0. The minimum atomic E-state index is -0.0589. The van der Waals surface area contributed by atoms with Gasteiger partial charge in [-0.1, -0.05) is 62.2 Å². The van der Waals surface area contributed by atoms with Gasteiger partial charge in [0.25, 0.3) is 0 Å². The van der Waals surface area contributed by atoms with Gasteiger partial charge in [0.15, 0.2) is 5.65 Å². The Bertz CT molecular complexity index is 2090. The van der Waals surface area contributed by atoms with E-state index in [0.29, 0.717) is 0 Å². The van der Waals surface area contributed by atoms with Crippen molar-refractivity contribution in [2.75, 3.05) is 0 Å². The van der Waals surface area contributed by atoms with E-state index in [4.69, 9.17) is 9.72 Å². The monoisotopic (exact) mass is 536 g/mol. The summed E-state index contributed by atoms with van der Waals surface area (Å²) in [6.07, 6.45) is 7.47. The van der Waals surface area contributed by atoms with Crippen LogP contribution in [0.5, 0.6) is 11.5 Å². The van der Waals surface area contributed by atoms with Crippen LogP contribution < -0.4 is 9.30 Å². The molecule has 202 valence electrons. The molecule has 5 heteroatoms. The molecule has 0 N–H and O–H groups in total. The lowest BCUT2D eigenvalue weighted by Crippen LogP contribution is -2.25. The average Bonchev–Trinajstić information content (AvgIpc) is 3.47. The summed E-state index contributed by atoms with van der Waals surface area (Å²) in [6.45, 7) is 8.79. The van der Waals surface area contributed by atoms with Crippen LogP contribution in [0.25, 0.3) is 44.5 Å². The molecule has 0 saturated carbocycles. The van der Waals surface area contributed by atoms with E-state index in [0.717, 1.165) is 45.3 Å². The maximum atomic E-state index is 6.65. The molecule has 7 aromatic rings. The van der Waals surface area contributed by atoms with E-state index in [1.807, 2.05) is 29.9 Å². The molecule has 0 aliphatic carbocycles. The lowest BCUT2D eigenvalue weighted by Gasteiger charge is -2.22. The molecule has 7 rings (SSSR count). The van der Waals surface area contributed by atoms with E-state index in [9.17, 15) is 0 Å². The number of aryl methyl sites for hydroxylation is 2. The minimum absolute atomic E-state index is 0.0589. The van der Waals surface area contributed by atoms with Crippen molar-refractivity contribution < 1.29 is 9.30 Å². The van der Waals surface area contributed by atoms with Gasteiger partial charge in [-0.3, -0.25) is 8.97 Å². The van der Waals surface area contributed by atoms with Crippen molar-refractivity contribution in [3.05, 3.63) is 121 Å². The molecular formula is C36H32N4O. The number of imidazole rings is 1. The van der Waals surface area contributed by atoms with Crippen molar-refractivity contribution in [2.24, 2.45) is 7.05 Å². The van der Waals surface area contributed by atoms with Crippen LogP contribution in [0.3, 0.4) is 0 Å². The van der Waals surface area contributed by atoms with Gasteiger partial charge in [-0.2, -0.15) is 0 Å². The van der Waals surface area contributed by atoms with E-state index in [1.54, 1.807) is 0 Å². The Kier molecular flexibility index (Phi) is 5.72. The van der Waals surface area contributed by atoms with Gasteiger partial charge in [0.05, 0.1) is 36.2 Å². The Balaban J connectivity index is 1.38. The molecule has 0 spiro atoms. The number of benzene rings is 3. The lowest BCUT2D eigenvalue weighted by molar-refractivity contribution is -0.648. The SMILES string of the molecule is Cc1ccnc(-n2c3ccccc3c3ccc(Oc4cc(-c5[c-][n+](C)c6ccccn56)cc(C(C)(C)C)c4)cc32)c1. The Morgan fingerprint density at radius 1 is 0.805 bits per heavy atom. The van der Waals surface area contributed by atoms with Crippen LogP contribution in [0.2, 0.25) is 0 Å². The number of para-hydroxylation sites is 1. The molecule has 0 atom stereocenters. The zero-order valence-corrected chi connectivity index (χ0v) is 24.0. The number of aromatic nitrogens is 4. The predicted molar refractivity (Wildman–Crippen MR) is 165 cm³/mol. The van der Waals surface area contributed by atoms with Gasteiger partial charge in [0, 0.05) is 23.0 Å². The zero-order chi connectivity index (χ0) is 28.3. The van der Waals surface area contributed by atoms with Gasteiger partial charge in [-0.05, 0) is 66.4 Å². The number of pyridine rings is 2. The maximum absolute atomic E-state index is 6.65. The van der Waals surface area contributed by atoms with E-state index in [-0.39, 0.29) is 5.41 Å². The highest BCUT2D eigenvalue weighted by Gasteiger charge is 2.18. The first-order valence-corrected chi connectivity index (χ1v) is 13.9. The van der Waals surface area contributed by atoms with Crippen LogP contribution in [0, 0.1) is 13.1 Å². The van der Waals surface area contributed by atoms with Crippen LogP contribution in [0.4, 0.5) is 0 Å². The molecule has 0 fully saturated rings. The molecule has 0 unspecified atom stereocenters. The topological polar surface area (TPSA) is 35.3 Å². The Morgan fingerprint density at radius 2 is 1.61 bits per heavy atom. The van der Waals surface area contributed by atoms with Gasteiger partial charge in [0.2, 0.25) is 0 Å². The first-order valence-electron chi connectivity index (χ1n) is 13.9. The molecule has 3 aromatic carbocycles. The van der Waals surface area contributed by atoms with Crippen molar-refractivity contribution in [2.45, 2.75) is 33.1 Å². The van der Waals surface area contributed by atoms with E-state index < -0.39 is 0 Å². The fourth-order valence-corrected chi connectivity index (χ4v) is 5.64. The van der Waals surface area contributed by atoms with Crippen molar-refractivity contribution in [1.82, 2.24) is 14.0 Å². The molecule has 0 amide bonds. The number of fused-ring (bicyclic) bond motifs is 4. The first-order chi connectivity index (χ1) is 19.8. The predicted octanol–water partition coefficient (Wildman–Crippen LogP) is 8.12. The minimum Gasteiger partial charge on any atom is -0.458 e. The number of ether oxygens (including phenoxy) is 1. The third kappa shape index (κ3) is 4.34. The highest BCUT2D eigenvalue weighted by Crippen LogP contribution is 2.37. The van der Waals surface area contributed by atoms with Gasteiger partial charge in [0.1, 0.15) is 17.3 Å². The zero-order valence-electron chi connectivity index (χ0n) is 24.0. The van der Waals surface area contributed by atoms with E-state index in [2.05, 4.69) is 128 Å². The van der Waals surface area contributed by atoms with Crippen molar-refractivity contribution >= 4 is 27.5 Å². The second-order valence-corrected chi connectivity index (χ2v) is 11.8. The van der Waals surface area contributed by atoms with E-state index >= 15 is 0 Å². The van der Waals surface area contributed by atoms with Crippen LogP contribution >= 0.6 is 0 Å². The summed E-state index contributed by atoms with van der Waals surface area (Å²) in [6, 6.07) is 31.7. The summed E-state index contributed by atoms with van der Waals surface area (Å²) < 4.78 is 13.1. The van der Waals surface area contributed by atoms with Crippen molar-refractivity contribution in [3.8, 4) is 28.6 Å². The fourth-order valence-electron chi connectivity index (χ4n) is 5.64. The normalized spacial score (nSPS) is 12.0. The highest BCUT2D eigenvalue weighted by atomic mass is 16.5. The molecule has 5 nitrogen and oxygen atoms in total. The van der Waals surface area contributed by atoms with E-state index in [1.165, 1.54) is 21.9 Å². The van der Waals surface area contributed by atoms with Crippen LogP contribution in [-0.4, -0.2) is 14.0 Å². The second-order valence-electron chi connectivity index (χ2n) is 11.8. The van der Waals surface area contributed by atoms with Gasteiger partial charge in [-0.25, -0.2) is 4.98 Å². The molecule has 4 aromatic heterocycles. The summed E-state index contributed by atoms with van der Waals surface area (Å²) in [7, 11) is 2.03. The number of rotatable bonds is 4. The molecule has 0 bridgehead atoms. The average molecular weight is 537 g/mol. The van der Waals surface area contributed by atoms with Crippen molar-refractivity contribution in [3.63, 3.8) is 0 Å². The van der Waals surface area contributed by atoms with Gasteiger partial charge >= 0.3 is 0 Å². The smallest absolute Gasteiger partial charge is 0.188 e. The summed E-state index contributed by atoms with van der Waals surface area (Å²) in [5, 5.41) is 2.36. The van der Waals surface area contributed by atoms with Gasteiger partial charge < -0.3 is 9.30 Å². The van der Waals surface area contributed by atoms with Gasteiger partial charge in [-0.15, -0.1) is 6.07 Å². The molecule has 4 heterocycles. The largest absolute Gasteiger partial charge is 0.458 e. The lowest BCUT2D eigenvalue weighted by atomic mass is 9.85. The molecule has 0 radical (unpaired) electrons. The molecule has 0 aliphatic heterocycles. The summed E-state index contributed by atoms with van der Waals surface area (Å²) in [5.74, 6) is 2.47. The Hall–Kier alpha value is -4.90. The summed E-state index contributed by atoms with van der Waals surface area (Å²) in [5.41, 5.74) is 7.64. The molecule has 0 aliphatic rings. The van der Waals surface area contributed by atoms with Crippen molar-refractivity contribution in [1.29, 1.82) is 0 Å². The third-order valence-electron chi connectivity index (χ3n) is 7.75. The second kappa shape index (κ2) is 9.34. The molecular weight excluding hydrogens is 504 g/mol. The number of nitrogens with zero attached hydrogens (tertiary/aromatic N) is 4. The Labute approximate surface area is 239 Å². The van der Waals surface area contributed by atoms with Crippen LogP contribution in [-0.2, 0) is 12.5 Å². The fraction of sp³-hybridized carbons (Fsp3) is 0.167. The number of hydrogen-bond acceptors (Lipinski definition) is 2. The standard InChI is InChI=1S/C36H32N4O/c1-24-15-16-37-34(18-24)40-31-11-7-6-10-29(31)30-14-13-27(22-32(30)40)41-28-20-25(19-26(21-28)36(2,3)4)33-23-38(5)35-12-8-9-17-39(33)35/h6-22H,1-5H3. The summed E-state index contributed by atoms with van der Waals surface area (Å²) in [4.78, 5) is 4.72.